The van der Waals surface area contributed by atoms with Crippen LogP contribution >= 0.6 is 0 Å². The molecule has 0 spiro atoms. The summed E-state index contributed by atoms with van der Waals surface area (Å²) in [6, 6.07) is 22.3. The van der Waals surface area contributed by atoms with E-state index in [9.17, 15) is 0 Å². The van der Waals surface area contributed by atoms with Crippen molar-refractivity contribution in [2.24, 2.45) is 0 Å². The maximum absolute atomic E-state index is 5.49. The van der Waals surface area contributed by atoms with Crippen LogP contribution in [0.3, 0.4) is 0 Å². The molecule has 0 aliphatic carbocycles. The van der Waals surface area contributed by atoms with Gasteiger partial charge in [-0.05, 0) is 46.8 Å². The number of nitrogens with zero attached hydrogens (tertiary/aromatic N) is 5. The highest BCUT2D eigenvalue weighted by molar-refractivity contribution is 6.13. The predicted molar refractivity (Wildman–Crippen MR) is 193 cm³/mol. The Morgan fingerprint density at radius 2 is 1.43 bits per heavy atom. The molecule has 0 saturated carbocycles. The predicted octanol–water partition coefficient (Wildman–Crippen LogP) is 9.82. The van der Waals surface area contributed by atoms with E-state index in [0.717, 1.165) is 41.5 Å². The second-order valence-electron chi connectivity index (χ2n) is 15.0. The first-order valence-electron chi connectivity index (χ1n) is 17.1. The summed E-state index contributed by atoms with van der Waals surface area (Å²) in [6.45, 7) is 18.7. The molecule has 0 amide bonds. The molecular weight excluding hydrogens is 576 g/mol. The van der Waals surface area contributed by atoms with Gasteiger partial charge in [-0.1, -0.05) is 116 Å². The van der Waals surface area contributed by atoms with Crippen molar-refractivity contribution in [2.45, 2.75) is 90.9 Å². The number of fused-ring (bicyclic) bond motifs is 3. The number of aromatic nitrogens is 6. The second-order valence-corrected chi connectivity index (χ2v) is 15.0. The first kappa shape index (κ1) is 29.7. The Morgan fingerprint density at radius 1 is 0.745 bits per heavy atom. The number of aryl methyl sites for hydroxylation is 2. The summed E-state index contributed by atoms with van der Waals surface area (Å²) >= 11 is 0. The van der Waals surface area contributed by atoms with Gasteiger partial charge >= 0.3 is 0 Å². The third-order valence-electron chi connectivity index (χ3n) is 11.2. The second kappa shape index (κ2) is 10.4. The minimum absolute atomic E-state index is 0.0888. The third-order valence-corrected chi connectivity index (χ3v) is 11.2. The van der Waals surface area contributed by atoms with Crippen LogP contribution in [0, 0.1) is 0 Å². The van der Waals surface area contributed by atoms with Crippen molar-refractivity contribution in [2.75, 3.05) is 0 Å². The summed E-state index contributed by atoms with van der Waals surface area (Å²) in [5.41, 5.74) is 10.9. The number of aromatic amines is 1. The average molecular weight is 621 g/mol. The molecule has 47 heavy (non-hydrogen) atoms. The Labute approximate surface area is 276 Å². The Hall–Kier alpha value is -4.71. The lowest BCUT2D eigenvalue weighted by atomic mass is 9.60. The first-order valence-corrected chi connectivity index (χ1v) is 17.1. The van der Waals surface area contributed by atoms with Gasteiger partial charge in [0.2, 0.25) is 0 Å². The molecule has 0 fully saturated rings. The van der Waals surface area contributed by atoms with E-state index in [2.05, 4.69) is 141 Å². The topological polar surface area (TPSA) is 63.8 Å². The summed E-state index contributed by atoms with van der Waals surface area (Å²) < 4.78 is 4.78. The molecule has 6 nitrogen and oxygen atoms in total. The first-order chi connectivity index (χ1) is 22.5. The Morgan fingerprint density at radius 3 is 2.11 bits per heavy atom. The van der Waals surface area contributed by atoms with E-state index in [0.29, 0.717) is 11.8 Å². The smallest absolute Gasteiger partial charge is 0.181 e. The van der Waals surface area contributed by atoms with Gasteiger partial charge in [0.05, 0.1) is 28.3 Å². The van der Waals surface area contributed by atoms with Gasteiger partial charge in [-0.2, -0.15) is 0 Å². The monoisotopic (exact) mass is 620 g/mol. The van der Waals surface area contributed by atoms with Crippen LogP contribution in [0.5, 0.6) is 0 Å². The number of hydrogen-bond donors (Lipinski definition) is 1. The van der Waals surface area contributed by atoms with Gasteiger partial charge < -0.3 is 4.98 Å². The zero-order valence-corrected chi connectivity index (χ0v) is 28.8. The molecule has 1 N–H and O–H groups in total. The Bertz CT molecular complexity index is 2280. The molecule has 0 atom stereocenters. The number of pyridine rings is 1. The fraction of sp³-hybridized carbons (Fsp3) is 0.341. The Kier molecular flexibility index (Phi) is 6.56. The van der Waals surface area contributed by atoms with Crippen LogP contribution in [0.1, 0.15) is 101 Å². The Balaban J connectivity index is 1.31. The van der Waals surface area contributed by atoms with Gasteiger partial charge in [0.15, 0.2) is 11.6 Å². The molecule has 238 valence electrons. The molecule has 4 aromatic heterocycles. The van der Waals surface area contributed by atoms with Crippen LogP contribution < -0.4 is 0 Å². The highest BCUT2D eigenvalue weighted by Crippen LogP contribution is 2.52. The molecule has 7 aromatic rings. The summed E-state index contributed by atoms with van der Waals surface area (Å²) in [5, 5.41) is 3.77. The number of rotatable bonds is 7. The van der Waals surface area contributed by atoms with Crippen LogP contribution in [-0.2, 0) is 23.7 Å². The van der Waals surface area contributed by atoms with Crippen molar-refractivity contribution in [3.05, 3.63) is 113 Å². The lowest BCUT2D eigenvalue weighted by Gasteiger charge is -2.46. The van der Waals surface area contributed by atoms with Gasteiger partial charge in [-0.25, -0.2) is 15.0 Å². The molecule has 3 aromatic carbocycles. The zero-order chi connectivity index (χ0) is 32.8. The largest absolute Gasteiger partial charge is 0.342 e. The number of benzene rings is 3. The van der Waals surface area contributed by atoms with E-state index in [-0.39, 0.29) is 10.8 Å². The summed E-state index contributed by atoms with van der Waals surface area (Å²) in [7, 11) is 0. The number of hydrogen-bond acceptors (Lipinski definition) is 3. The van der Waals surface area contributed by atoms with Gasteiger partial charge in [-0.15, -0.1) is 0 Å². The molecule has 0 radical (unpaired) electrons. The van der Waals surface area contributed by atoms with E-state index in [4.69, 9.17) is 9.97 Å². The number of nitrogens with one attached hydrogen (secondary N) is 1. The third kappa shape index (κ3) is 4.19. The quantitative estimate of drug-likeness (QED) is 0.180. The van der Waals surface area contributed by atoms with Gasteiger partial charge in [0, 0.05) is 40.2 Å². The normalized spacial score (nSPS) is 15.3. The molecule has 0 saturated heterocycles. The molecular formula is C41H44N6. The number of H-pyrrole nitrogens is 1. The maximum atomic E-state index is 5.49. The molecule has 5 heterocycles. The maximum Gasteiger partial charge on any atom is 0.181 e. The fourth-order valence-corrected chi connectivity index (χ4v) is 8.04. The molecule has 0 unspecified atom stereocenters. The van der Waals surface area contributed by atoms with Crippen molar-refractivity contribution in [1.82, 2.24) is 28.9 Å². The number of para-hydroxylation sites is 2. The van der Waals surface area contributed by atoms with Gasteiger partial charge in [0.1, 0.15) is 5.65 Å². The lowest BCUT2D eigenvalue weighted by molar-refractivity contribution is 0.286. The van der Waals surface area contributed by atoms with Gasteiger partial charge in [0.25, 0.3) is 0 Å². The molecule has 0 bridgehead atoms. The highest BCUT2D eigenvalue weighted by Gasteiger charge is 2.47. The van der Waals surface area contributed by atoms with Crippen LogP contribution in [0.25, 0.3) is 44.7 Å². The molecule has 1 aliphatic heterocycles. The SMILES string of the molecule is CC(C)c1cccc(C(C)C)c1-n1cc(CCc2nc3c4ccccc4c4cccc5c4n3c2C(C)(C)C5(C)C)nc1-c1ncc[nH]1. The van der Waals surface area contributed by atoms with E-state index >= 15 is 0 Å². The standard InChI is InChI=1S/C41H44N6/c1-24(2)27-15-11-16-28(25(3)4)34(27)46-23-26(44-39(46)37-42-21-22-43-37)19-20-33-36-41(7,8)40(5,6)32-18-12-17-30-29-13-9-10-14-31(29)38(45-33)47(36)35(30)32/h9-18,21-25H,19-20H2,1-8H3,(H,42,43). The van der Waals surface area contributed by atoms with E-state index in [1.165, 1.54) is 49.7 Å². The van der Waals surface area contributed by atoms with Crippen LogP contribution in [0.4, 0.5) is 0 Å². The van der Waals surface area contributed by atoms with Crippen molar-refractivity contribution < 1.29 is 0 Å². The molecule has 8 rings (SSSR count). The van der Waals surface area contributed by atoms with Crippen molar-refractivity contribution in [1.29, 1.82) is 0 Å². The van der Waals surface area contributed by atoms with E-state index in [1.54, 1.807) is 6.20 Å². The van der Waals surface area contributed by atoms with Crippen LogP contribution in [0.2, 0.25) is 0 Å². The summed E-state index contributed by atoms with van der Waals surface area (Å²) in [5.74, 6) is 2.36. The van der Waals surface area contributed by atoms with Crippen molar-refractivity contribution in [3.63, 3.8) is 0 Å². The van der Waals surface area contributed by atoms with E-state index < -0.39 is 0 Å². The fourth-order valence-electron chi connectivity index (χ4n) is 8.04. The lowest BCUT2D eigenvalue weighted by Crippen LogP contribution is -2.44. The summed E-state index contributed by atoms with van der Waals surface area (Å²) in [4.78, 5) is 18.7. The minimum Gasteiger partial charge on any atom is -0.342 e. The van der Waals surface area contributed by atoms with Gasteiger partial charge in [-0.3, -0.25) is 8.97 Å². The van der Waals surface area contributed by atoms with Crippen molar-refractivity contribution >= 4 is 27.3 Å². The van der Waals surface area contributed by atoms with Crippen LogP contribution in [-0.4, -0.2) is 28.9 Å². The molecule has 6 heteroatoms. The van der Waals surface area contributed by atoms with Crippen molar-refractivity contribution in [3.8, 4) is 17.3 Å². The highest BCUT2D eigenvalue weighted by atomic mass is 15.1. The van der Waals surface area contributed by atoms with E-state index in [1.807, 2.05) is 6.20 Å². The number of imidazole rings is 3. The average Bonchev–Trinajstić information content (AvgIpc) is 3.81. The minimum atomic E-state index is -0.146. The molecule has 1 aliphatic rings. The summed E-state index contributed by atoms with van der Waals surface area (Å²) in [6.07, 6.45) is 7.49. The zero-order valence-electron chi connectivity index (χ0n) is 28.8. The van der Waals surface area contributed by atoms with Crippen LogP contribution in [0.15, 0.2) is 79.3 Å².